The number of rotatable bonds is 3. The predicted octanol–water partition coefficient (Wildman–Crippen LogP) is 0.778. The molecule has 0 unspecified atom stereocenters. The third-order valence-corrected chi connectivity index (χ3v) is 3.03. The highest BCUT2D eigenvalue weighted by atomic mass is 32.1. The standard InChI is InChI=1S/C13H12N4OS/c14-5-1-3-10-4-2-6-16-12(10)13(18)17-8-11-7-15-9-19-11/h2,4,6-7,9H,5,8,14H2,(H,17,18). The number of amides is 1. The third kappa shape index (κ3) is 3.61. The summed E-state index contributed by atoms with van der Waals surface area (Å²) in [6.45, 7) is 0.681. The molecule has 3 N–H and O–H groups in total. The first-order valence-corrected chi connectivity index (χ1v) is 6.48. The molecule has 0 fully saturated rings. The molecule has 0 aromatic carbocycles. The highest BCUT2D eigenvalue weighted by Crippen LogP contribution is 2.07. The number of hydrogen-bond donors (Lipinski definition) is 2. The molecule has 0 aliphatic heterocycles. The number of hydrogen-bond acceptors (Lipinski definition) is 5. The van der Waals surface area contributed by atoms with Crippen molar-refractivity contribution in [3.63, 3.8) is 0 Å². The van der Waals surface area contributed by atoms with E-state index in [9.17, 15) is 4.79 Å². The molecule has 0 atom stereocenters. The van der Waals surface area contributed by atoms with Crippen LogP contribution >= 0.6 is 11.3 Å². The molecule has 0 aliphatic carbocycles. The highest BCUT2D eigenvalue weighted by Gasteiger charge is 2.11. The molecule has 2 aromatic heterocycles. The summed E-state index contributed by atoms with van der Waals surface area (Å²) >= 11 is 1.49. The van der Waals surface area contributed by atoms with Gasteiger partial charge in [-0.3, -0.25) is 9.78 Å². The lowest BCUT2D eigenvalue weighted by molar-refractivity contribution is 0.0946. The number of nitrogens with one attached hydrogen (secondary N) is 1. The van der Waals surface area contributed by atoms with Gasteiger partial charge in [0.15, 0.2) is 0 Å². The quantitative estimate of drug-likeness (QED) is 0.809. The number of nitrogens with two attached hydrogens (primary N) is 1. The Labute approximate surface area is 114 Å². The lowest BCUT2D eigenvalue weighted by Crippen LogP contribution is -2.24. The van der Waals surface area contributed by atoms with E-state index in [1.807, 2.05) is 0 Å². The molecular weight excluding hydrogens is 260 g/mol. The SMILES string of the molecule is NCC#Cc1cccnc1C(=O)NCc1cncs1. The Morgan fingerprint density at radius 3 is 3.16 bits per heavy atom. The largest absolute Gasteiger partial charge is 0.346 e. The summed E-state index contributed by atoms with van der Waals surface area (Å²) in [5.41, 5.74) is 7.94. The van der Waals surface area contributed by atoms with Crippen LogP contribution in [0.2, 0.25) is 0 Å². The molecule has 2 rings (SSSR count). The maximum Gasteiger partial charge on any atom is 0.271 e. The third-order valence-electron chi connectivity index (χ3n) is 2.25. The first-order chi connectivity index (χ1) is 9.31. The second-order valence-electron chi connectivity index (χ2n) is 3.56. The number of thiazole rings is 1. The van der Waals surface area contributed by atoms with E-state index in [2.05, 4.69) is 27.1 Å². The smallest absolute Gasteiger partial charge is 0.271 e. The molecule has 0 saturated heterocycles. The molecule has 1 amide bonds. The van der Waals surface area contributed by atoms with Gasteiger partial charge in [-0.15, -0.1) is 11.3 Å². The molecule has 2 heterocycles. The Balaban J connectivity index is 2.10. The maximum absolute atomic E-state index is 12.0. The van der Waals surface area contributed by atoms with Gasteiger partial charge in [-0.25, -0.2) is 4.98 Å². The van der Waals surface area contributed by atoms with E-state index in [0.29, 0.717) is 17.8 Å². The van der Waals surface area contributed by atoms with Gasteiger partial charge in [0, 0.05) is 17.3 Å². The summed E-state index contributed by atoms with van der Waals surface area (Å²) in [6.07, 6.45) is 3.29. The van der Waals surface area contributed by atoms with Gasteiger partial charge in [-0.1, -0.05) is 11.8 Å². The first kappa shape index (κ1) is 13.2. The van der Waals surface area contributed by atoms with Crippen molar-refractivity contribution >= 4 is 17.2 Å². The van der Waals surface area contributed by atoms with Crippen molar-refractivity contribution in [2.75, 3.05) is 6.54 Å². The van der Waals surface area contributed by atoms with Gasteiger partial charge in [0.1, 0.15) is 5.69 Å². The lowest BCUT2D eigenvalue weighted by atomic mass is 10.2. The van der Waals surface area contributed by atoms with Crippen LogP contribution in [-0.2, 0) is 6.54 Å². The summed E-state index contributed by atoms with van der Waals surface area (Å²) in [4.78, 5) is 21.0. The summed E-state index contributed by atoms with van der Waals surface area (Å²) in [5.74, 6) is 5.30. The Morgan fingerprint density at radius 2 is 2.42 bits per heavy atom. The second kappa shape index (κ2) is 6.64. The van der Waals surface area contributed by atoms with Crippen LogP contribution < -0.4 is 11.1 Å². The van der Waals surface area contributed by atoms with E-state index in [1.165, 1.54) is 11.3 Å². The van der Waals surface area contributed by atoms with Crippen molar-refractivity contribution in [2.45, 2.75) is 6.54 Å². The number of pyridine rings is 1. The minimum absolute atomic E-state index is 0.247. The number of carbonyl (C=O) groups is 1. The molecule has 0 spiro atoms. The van der Waals surface area contributed by atoms with E-state index >= 15 is 0 Å². The van der Waals surface area contributed by atoms with Gasteiger partial charge in [0.2, 0.25) is 0 Å². The van der Waals surface area contributed by atoms with Crippen molar-refractivity contribution in [2.24, 2.45) is 5.73 Å². The zero-order valence-electron chi connectivity index (χ0n) is 10.1. The van der Waals surface area contributed by atoms with Crippen LogP contribution in [0.15, 0.2) is 30.0 Å². The van der Waals surface area contributed by atoms with Crippen molar-refractivity contribution in [3.05, 3.63) is 46.2 Å². The molecule has 0 radical (unpaired) electrons. The monoisotopic (exact) mass is 272 g/mol. The lowest BCUT2D eigenvalue weighted by Gasteiger charge is -2.04. The zero-order chi connectivity index (χ0) is 13.5. The summed E-state index contributed by atoms with van der Waals surface area (Å²) in [6, 6.07) is 3.48. The average molecular weight is 272 g/mol. The first-order valence-electron chi connectivity index (χ1n) is 5.61. The maximum atomic E-state index is 12.0. The summed E-state index contributed by atoms with van der Waals surface area (Å²) in [5, 5.41) is 2.79. The fourth-order valence-electron chi connectivity index (χ4n) is 1.41. The highest BCUT2D eigenvalue weighted by molar-refractivity contribution is 7.09. The molecule has 19 heavy (non-hydrogen) atoms. The van der Waals surface area contributed by atoms with Crippen LogP contribution in [0.25, 0.3) is 0 Å². The van der Waals surface area contributed by atoms with Crippen molar-refractivity contribution in [3.8, 4) is 11.8 Å². The fraction of sp³-hybridized carbons (Fsp3) is 0.154. The zero-order valence-corrected chi connectivity index (χ0v) is 10.9. The van der Waals surface area contributed by atoms with Crippen molar-refractivity contribution in [1.29, 1.82) is 0 Å². The molecule has 5 nitrogen and oxygen atoms in total. The van der Waals surface area contributed by atoms with Gasteiger partial charge in [0.25, 0.3) is 5.91 Å². The van der Waals surface area contributed by atoms with Gasteiger partial charge in [-0.2, -0.15) is 0 Å². The molecule has 0 bridgehead atoms. The fourth-order valence-corrected chi connectivity index (χ4v) is 1.95. The topological polar surface area (TPSA) is 80.9 Å². The van der Waals surface area contributed by atoms with Crippen LogP contribution in [0, 0.1) is 11.8 Å². The van der Waals surface area contributed by atoms with Crippen LogP contribution in [-0.4, -0.2) is 22.4 Å². The number of carbonyl (C=O) groups excluding carboxylic acids is 1. The Morgan fingerprint density at radius 1 is 1.53 bits per heavy atom. The minimum Gasteiger partial charge on any atom is -0.346 e. The Hall–Kier alpha value is -2.23. The number of nitrogens with zero attached hydrogens (tertiary/aromatic N) is 2. The molecule has 0 aliphatic rings. The molecule has 6 heteroatoms. The van der Waals surface area contributed by atoms with Gasteiger partial charge in [0.05, 0.1) is 24.2 Å². The van der Waals surface area contributed by atoms with Crippen LogP contribution in [0.1, 0.15) is 20.9 Å². The van der Waals surface area contributed by atoms with E-state index in [1.54, 1.807) is 30.0 Å². The van der Waals surface area contributed by atoms with Crippen molar-refractivity contribution < 1.29 is 4.79 Å². The normalized spacial score (nSPS) is 9.53. The van der Waals surface area contributed by atoms with E-state index < -0.39 is 0 Å². The van der Waals surface area contributed by atoms with E-state index in [-0.39, 0.29) is 12.5 Å². The van der Waals surface area contributed by atoms with Crippen LogP contribution in [0.3, 0.4) is 0 Å². The minimum atomic E-state index is -0.254. The second-order valence-corrected chi connectivity index (χ2v) is 4.53. The Bertz CT molecular complexity index is 613. The van der Waals surface area contributed by atoms with Gasteiger partial charge in [-0.05, 0) is 12.1 Å². The van der Waals surface area contributed by atoms with Crippen molar-refractivity contribution in [1.82, 2.24) is 15.3 Å². The van der Waals surface area contributed by atoms with Crippen LogP contribution in [0.4, 0.5) is 0 Å². The average Bonchev–Trinajstić information content (AvgIpc) is 2.96. The predicted molar refractivity (Wildman–Crippen MR) is 73.5 cm³/mol. The molecule has 96 valence electrons. The molecule has 2 aromatic rings. The van der Waals surface area contributed by atoms with Gasteiger partial charge >= 0.3 is 0 Å². The summed E-state index contributed by atoms with van der Waals surface area (Å²) < 4.78 is 0. The van der Waals surface area contributed by atoms with E-state index in [0.717, 1.165) is 4.88 Å². The van der Waals surface area contributed by atoms with Crippen LogP contribution in [0.5, 0.6) is 0 Å². The molecular formula is C13H12N4OS. The van der Waals surface area contributed by atoms with E-state index in [4.69, 9.17) is 5.73 Å². The number of aromatic nitrogens is 2. The molecule has 0 saturated carbocycles. The van der Waals surface area contributed by atoms with Gasteiger partial charge < -0.3 is 11.1 Å². The summed E-state index contributed by atoms with van der Waals surface area (Å²) in [7, 11) is 0. The Kier molecular flexibility index (Phi) is 4.61.